The Morgan fingerprint density at radius 3 is 2.89 bits per heavy atom. The molecular formula is C15H17N3O. The number of methoxy groups -OCH3 is 1. The summed E-state index contributed by atoms with van der Waals surface area (Å²) in [5.74, 6) is 0.906. The van der Waals surface area contributed by atoms with Crippen LogP contribution in [0.15, 0.2) is 49.2 Å². The van der Waals surface area contributed by atoms with Gasteiger partial charge in [0.1, 0.15) is 5.75 Å². The average Bonchev–Trinajstić information content (AvgIpc) is 3.08. The van der Waals surface area contributed by atoms with E-state index in [2.05, 4.69) is 38.5 Å². The second kappa shape index (κ2) is 5.18. The van der Waals surface area contributed by atoms with Gasteiger partial charge >= 0.3 is 0 Å². The Morgan fingerprint density at radius 1 is 1.16 bits per heavy atom. The number of hydrogen-bond acceptors (Lipinski definition) is 2. The van der Waals surface area contributed by atoms with Crippen molar-refractivity contribution in [1.82, 2.24) is 14.1 Å². The Kier molecular flexibility index (Phi) is 3.23. The van der Waals surface area contributed by atoms with Crippen LogP contribution < -0.4 is 4.74 Å². The summed E-state index contributed by atoms with van der Waals surface area (Å²) in [5, 5.41) is 1.22. The van der Waals surface area contributed by atoms with E-state index in [-0.39, 0.29) is 0 Å². The molecule has 3 aromatic rings. The summed E-state index contributed by atoms with van der Waals surface area (Å²) < 4.78 is 9.63. The lowest BCUT2D eigenvalue weighted by Crippen LogP contribution is -2.01. The predicted octanol–water partition coefficient (Wildman–Crippen LogP) is 2.94. The molecule has 2 aromatic heterocycles. The smallest absolute Gasteiger partial charge is 0.119 e. The molecule has 0 bridgehead atoms. The van der Waals surface area contributed by atoms with Crippen LogP contribution in [0.4, 0.5) is 0 Å². The molecule has 0 aliphatic rings. The second-order valence-electron chi connectivity index (χ2n) is 4.59. The van der Waals surface area contributed by atoms with Crippen molar-refractivity contribution < 1.29 is 4.74 Å². The normalized spacial score (nSPS) is 11.0. The minimum atomic E-state index is 0.906. The fraction of sp³-hybridized carbons (Fsp3) is 0.267. The van der Waals surface area contributed by atoms with E-state index in [4.69, 9.17) is 4.74 Å². The molecule has 0 atom stereocenters. The molecule has 0 fully saturated rings. The number of hydrogen-bond donors (Lipinski definition) is 0. The van der Waals surface area contributed by atoms with Gasteiger partial charge in [0.15, 0.2) is 0 Å². The number of fused-ring (bicyclic) bond motifs is 1. The van der Waals surface area contributed by atoms with Gasteiger partial charge in [0.05, 0.1) is 13.4 Å². The van der Waals surface area contributed by atoms with Gasteiger partial charge in [0.25, 0.3) is 0 Å². The predicted molar refractivity (Wildman–Crippen MR) is 75.3 cm³/mol. The highest BCUT2D eigenvalue weighted by Gasteiger charge is 2.02. The maximum Gasteiger partial charge on any atom is 0.119 e. The average molecular weight is 255 g/mol. The molecule has 0 saturated carbocycles. The zero-order valence-electron chi connectivity index (χ0n) is 11.0. The molecule has 0 aliphatic carbocycles. The number of benzene rings is 1. The van der Waals surface area contributed by atoms with Gasteiger partial charge in [-0.05, 0) is 30.7 Å². The van der Waals surface area contributed by atoms with Gasteiger partial charge in [-0.2, -0.15) is 0 Å². The molecule has 4 heteroatoms. The van der Waals surface area contributed by atoms with E-state index in [1.807, 2.05) is 24.8 Å². The molecule has 4 nitrogen and oxygen atoms in total. The summed E-state index contributed by atoms with van der Waals surface area (Å²) in [5.41, 5.74) is 1.26. The third-order valence-electron chi connectivity index (χ3n) is 3.35. The van der Waals surface area contributed by atoms with Gasteiger partial charge in [-0.15, -0.1) is 0 Å². The summed E-state index contributed by atoms with van der Waals surface area (Å²) in [6, 6.07) is 8.33. The topological polar surface area (TPSA) is 32.0 Å². The fourth-order valence-electron chi connectivity index (χ4n) is 2.34. The molecule has 0 aliphatic heterocycles. The monoisotopic (exact) mass is 255 g/mol. The van der Waals surface area contributed by atoms with E-state index >= 15 is 0 Å². The van der Waals surface area contributed by atoms with Gasteiger partial charge in [0.2, 0.25) is 0 Å². The highest BCUT2D eigenvalue weighted by Crippen LogP contribution is 2.22. The van der Waals surface area contributed by atoms with Gasteiger partial charge in [0, 0.05) is 42.6 Å². The minimum absolute atomic E-state index is 0.906. The van der Waals surface area contributed by atoms with Crippen molar-refractivity contribution in [1.29, 1.82) is 0 Å². The van der Waals surface area contributed by atoms with Gasteiger partial charge in [-0.25, -0.2) is 4.98 Å². The Bertz CT molecular complexity index is 655. The second-order valence-corrected chi connectivity index (χ2v) is 4.59. The van der Waals surface area contributed by atoms with Crippen LogP contribution in [0.1, 0.15) is 6.42 Å². The summed E-state index contributed by atoms with van der Waals surface area (Å²) in [6.45, 7) is 2.00. The summed E-state index contributed by atoms with van der Waals surface area (Å²) >= 11 is 0. The summed E-state index contributed by atoms with van der Waals surface area (Å²) in [6.07, 6.45) is 8.90. The SMILES string of the molecule is COc1ccc2c(ccn2CCCn2ccnc2)c1. The molecule has 3 rings (SSSR count). The van der Waals surface area contributed by atoms with E-state index < -0.39 is 0 Å². The largest absolute Gasteiger partial charge is 0.497 e. The van der Waals surface area contributed by atoms with Crippen molar-refractivity contribution in [2.24, 2.45) is 0 Å². The van der Waals surface area contributed by atoms with Crippen LogP contribution in [0.2, 0.25) is 0 Å². The van der Waals surface area contributed by atoms with Gasteiger partial charge in [-0.1, -0.05) is 0 Å². The lowest BCUT2D eigenvalue weighted by atomic mass is 10.2. The number of rotatable bonds is 5. The number of aromatic nitrogens is 3. The van der Waals surface area contributed by atoms with Crippen molar-refractivity contribution in [3.63, 3.8) is 0 Å². The molecule has 19 heavy (non-hydrogen) atoms. The Hall–Kier alpha value is -2.23. The Balaban J connectivity index is 1.71. The van der Waals surface area contributed by atoms with Crippen LogP contribution in [0.3, 0.4) is 0 Å². The highest BCUT2D eigenvalue weighted by atomic mass is 16.5. The lowest BCUT2D eigenvalue weighted by molar-refractivity contribution is 0.415. The van der Waals surface area contributed by atoms with Crippen molar-refractivity contribution in [3.05, 3.63) is 49.2 Å². The third kappa shape index (κ3) is 2.47. The Morgan fingerprint density at radius 2 is 2.11 bits per heavy atom. The Labute approximate surface area is 112 Å². The maximum absolute atomic E-state index is 5.24. The van der Waals surface area contributed by atoms with Crippen molar-refractivity contribution >= 4 is 10.9 Å². The summed E-state index contributed by atoms with van der Waals surface area (Å²) in [4.78, 5) is 4.05. The van der Waals surface area contributed by atoms with Crippen LogP contribution >= 0.6 is 0 Å². The standard InChI is InChI=1S/C15H17N3O/c1-19-14-3-4-15-13(11-14)5-9-18(15)8-2-7-17-10-6-16-12-17/h3-6,9-12H,2,7-8H2,1H3. The number of aryl methyl sites for hydroxylation is 2. The van der Waals surface area contributed by atoms with E-state index in [1.165, 1.54) is 10.9 Å². The van der Waals surface area contributed by atoms with Crippen molar-refractivity contribution in [2.45, 2.75) is 19.5 Å². The molecule has 98 valence electrons. The van der Waals surface area contributed by atoms with Gasteiger partial charge < -0.3 is 13.9 Å². The quantitative estimate of drug-likeness (QED) is 0.702. The van der Waals surface area contributed by atoms with Crippen LogP contribution in [0.25, 0.3) is 10.9 Å². The van der Waals surface area contributed by atoms with E-state index in [9.17, 15) is 0 Å². The first-order valence-electron chi connectivity index (χ1n) is 6.45. The molecule has 0 saturated heterocycles. The molecule has 0 spiro atoms. The summed E-state index contributed by atoms with van der Waals surface area (Å²) in [7, 11) is 1.70. The van der Waals surface area contributed by atoms with Crippen molar-refractivity contribution in [2.75, 3.05) is 7.11 Å². The molecular weight excluding hydrogens is 238 g/mol. The molecule has 0 amide bonds. The van der Waals surface area contributed by atoms with Crippen LogP contribution in [-0.2, 0) is 13.1 Å². The van der Waals surface area contributed by atoms with Crippen molar-refractivity contribution in [3.8, 4) is 5.75 Å². The zero-order chi connectivity index (χ0) is 13.1. The van der Waals surface area contributed by atoms with Crippen LogP contribution in [0.5, 0.6) is 5.75 Å². The molecule has 2 heterocycles. The maximum atomic E-state index is 5.24. The number of ether oxygens (including phenoxy) is 1. The molecule has 0 N–H and O–H groups in total. The minimum Gasteiger partial charge on any atom is -0.497 e. The molecule has 1 aromatic carbocycles. The lowest BCUT2D eigenvalue weighted by Gasteiger charge is -2.06. The van der Waals surface area contributed by atoms with Gasteiger partial charge in [-0.3, -0.25) is 0 Å². The van der Waals surface area contributed by atoms with E-state index in [0.717, 1.165) is 25.3 Å². The molecule has 0 unspecified atom stereocenters. The van der Waals surface area contributed by atoms with Crippen LogP contribution in [0, 0.1) is 0 Å². The zero-order valence-corrected chi connectivity index (χ0v) is 11.0. The number of nitrogens with zero attached hydrogens (tertiary/aromatic N) is 3. The highest BCUT2D eigenvalue weighted by molar-refractivity contribution is 5.81. The fourth-order valence-corrected chi connectivity index (χ4v) is 2.34. The first kappa shape index (κ1) is 11.8. The van der Waals surface area contributed by atoms with Crippen LogP contribution in [-0.4, -0.2) is 21.2 Å². The number of imidazole rings is 1. The van der Waals surface area contributed by atoms with E-state index in [1.54, 1.807) is 7.11 Å². The molecule has 0 radical (unpaired) electrons. The third-order valence-corrected chi connectivity index (χ3v) is 3.35. The van der Waals surface area contributed by atoms with E-state index in [0.29, 0.717) is 0 Å². The first-order valence-corrected chi connectivity index (χ1v) is 6.45. The first-order chi connectivity index (χ1) is 9.36.